The highest BCUT2D eigenvalue weighted by Gasteiger charge is 2.29. The monoisotopic (exact) mass is 410 g/mol. The molecule has 0 N–H and O–H groups in total. The molecule has 4 nitrogen and oxygen atoms in total. The molecule has 158 valence electrons. The normalized spacial score (nSPS) is 15.3. The van der Waals surface area contributed by atoms with Crippen LogP contribution in [0.4, 0.5) is 4.39 Å². The Morgan fingerprint density at radius 3 is 2.43 bits per heavy atom. The molecule has 0 unspecified atom stereocenters. The van der Waals surface area contributed by atoms with Crippen molar-refractivity contribution in [2.24, 2.45) is 0 Å². The van der Waals surface area contributed by atoms with Crippen molar-refractivity contribution in [3.63, 3.8) is 0 Å². The van der Waals surface area contributed by atoms with Crippen LogP contribution < -0.4 is 9.47 Å². The highest BCUT2D eigenvalue weighted by atomic mass is 19.1. The van der Waals surface area contributed by atoms with E-state index in [4.69, 9.17) is 14.2 Å². The summed E-state index contributed by atoms with van der Waals surface area (Å²) in [6.45, 7) is 9.51. The van der Waals surface area contributed by atoms with Gasteiger partial charge in [0.2, 0.25) is 5.83 Å². The third-order valence-corrected chi connectivity index (χ3v) is 4.81. The summed E-state index contributed by atoms with van der Waals surface area (Å²) in [5.74, 6) is -0.803. The van der Waals surface area contributed by atoms with Crippen molar-refractivity contribution < 1.29 is 23.4 Å². The minimum atomic E-state index is -0.980. The number of carbonyl (C=O) groups is 1. The summed E-state index contributed by atoms with van der Waals surface area (Å²) < 4.78 is 31.5. The van der Waals surface area contributed by atoms with E-state index in [2.05, 4.69) is 6.08 Å². The first-order valence-electron chi connectivity index (χ1n) is 10.1. The fourth-order valence-corrected chi connectivity index (χ4v) is 3.48. The van der Waals surface area contributed by atoms with Gasteiger partial charge < -0.3 is 14.2 Å². The highest BCUT2D eigenvalue weighted by molar-refractivity contribution is 5.96. The molecule has 2 aromatic carbocycles. The second-order valence-electron chi connectivity index (χ2n) is 7.57. The molecule has 0 aromatic heterocycles. The van der Waals surface area contributed by atoms with Crippen LogP contribution in [0, 0.1) is 0 Å². The Kier molecular flexibility index (Phi) is 6.30. The number of halogens is 1. The lowest BCUT2D eigenvalue weighted by atomic mass is 9.88. The van der Waals surface area contributed by atoms with Crippen LogP contribution in [0.25, 0.3) is 11.1 Å². The van der Waals surface area contributed by atoms with Gasteiger partial charge >= 0.3 is 5.97 Å². The van der Waals surface area contributed by atoms with E-state index in [-0.39, 0.29) is 12.2 Å². The molecule has 2 aromatic rings. The molecule has 1 heterocycles. The molecule has 0 amide bonds. The number of benzene rings is 2. The van der Waals surface area contributed by atoms with Crippen LogP contribution >= 0.6 is 0 Å². The lowest BCUT2D eigenvalue weighted by Gasteiger charge is -2.32. The van der Waals surface area contributed by atoms with E-state index in [9.17, 15) is 9.18 Å². The first-order chi connectivity index (χ1) is 14.3. The SMILES string of the molecule is CCOC(=O)C(F)=C(C)c1cc2c(cc1OCC)OC(C)(C)C=C2c1ccccc1. The van der Waals surface area contributed by atoms with Crippen molar-refractivity contribution in [1.82, 2.24) is 0 Å². The number of hydrogen-bond acceptors (Lipinski definition) is 4. The van der Waals surface area contributed by atoms with Crippen molar-refractivity contribution >= 4 is 17.1 Å². The molecule has 3 rings (SSSR count). The number of rotatable bonds is 6. The van der Waals surface area contributed by atoms with Gasteiger partial charge in [0.05, 0.1) is 13.2 Å². The molecular formula is C25H27FO4. The predicted octanol–water partition coefficient (Wildman–Crippen LogP) is 5.95. The molecule has 0 saturated carbocycles. The molecule has 0 atom stereocenters. The number of fused-ring (bicyclic) bond motifs is 1. The van der Waals surface area contributed by atoms with Gasteiger partial charge in [-0.2, -0.15) is 4.39 Å². The summed E-state index contributed by atoms with van der Waals surface area (Å²) in [6, 6.07) is 13.5. The lowest BCUT2D eigenvalue weighted by molar-refractivity contribution is -0.140. The van der Waals surface area contributed by atoms with E-state index < -0.39 is 17.4 Å². The zero-order chi connectivity index (χ0) is 21.9. The summed E-state index contributed by atoms with van der Waals surface area (Å²) in [6.07, 6.45) is 2.05. The summed E-state index contributed by atoms with van der Waals surface area (Å²) in [4.78, 5) is 12.0. The molecule has 1 aliphatic rings. The Bertz CT molecular complexity index is 1000. The highest BCUT2D eigenvalue weighted by Crippen LogP contribution is 2.44. The van der Waals surface area contributed by atoms with Gasteiger partial charge in [0.1, 0.15) is 17.1 Å². The summed E-state index contributed by atoms with van der Waals surface area (Å²) in [5.41, 5.74) is 2.95. The zero-order valence-electron chi connectivity index (χ0n) is 18.0. The maximum Gasteiger partial charge on any atom is 0.367 e. The fraction of sp³-hybridized carbons (Fsp3) is 0.320. The van der Waals surface area contributed by atoms with Gasteiger partial charge in [-0.25, -0.2) is 4.79 Å². The van der Waals surface area contributed by atoms with E-state index in [1.54, 1.807) is 19.9 Å². The minimum Gasteiger partial charge on any atom is -0.493 e. The lowest BCUT2D eigenvalue weighted by Crippen LogP contribution is -2.29. The van der Waals surface area contributed by atoms with Gasteiger partial charge in [-0.3, -0.25) is 0 Å². The Labute approximate surface area is 177 Å². The standard InChI is InChI=1S/C25H27FO4/c1-6-28-21-14-22-19(13-18(21)16(3)23(26)24(27)29-7-2)20(15-25(4,5)30-22)17-11-9-8-10-12-17/h8-15H,6-7H2,1-5H3. The molecule has 0 saturated heterocycles. The average Bonchev–Trinajstić information content (AvgIpc) is 2.72. The molecule has 0 fully saturated rings. The van der Waals surface area contributed by atoms with Gasteiger partial charge in [0.15, 0.2) is 0 Å². The molecule has 1 aliphatic heterocycles. The third-order valence-electron chi connectivity index (χ3n) is 4.81. The zero-order valence-corrected chi connectivity index (χ0v) is 18.0. The first-order valence-corrected chi connectivity index (χ1v) is 10.1. The average molecular weight is 410 g/mol. The quantitative estimate of drug-likeness (QED) is 0.436. The molecule has 0 radical (unpaired) electrons. The molecule has 0 bridgehead atoms. The Morgan fingerprint density at radius 1 is 1.10 bits per heavy atom. The van der Waals surface area contributed by atoms with Gasteiger partial charge in [0, 0.05) is 22.8 Å². The first kappa shape index (κ1) is 21.6. The topological polar surface area (TPSA) is 44.8 Å². The summed E-state index contributed by atoms with van der Waals surface area (Å²) >= 11 is 0. The number of ether oxygens (including phenoxy) is 3. The maximum atomic E-state index is 14.8. The number of esters is 1. The van der Waals surface area contributed by atoms with Gasteiger partial charge in [-0.1, -0.05) is 30.3 Å². The van der Waals surface area contributed by atoms with Gasteiger partial charge in [-0.15, -0.1) is 0 Å². The van der Waals surface area contributed by atoms with E-state index in [0.29, 0.717) is 23.7 Å². The van der Waals surface area contributed by atoms with E-state index in [1.807, 2.05) is 57.2 Å². The maximum absolute atomic E-state index is 14.8. The van der Waals surface area contributed by atoms with Crippen LogP contribution in [-0.2, 0) is 9.53 Å². The van der Waals surface area contributed by atoms with Crippen molar-refractivity contribution in [2.45, 2.75) is 40.2 Å². The summed E-state index contributed by atoms with van der Waals surface area (Å²) in [7, 11) is 0. The fourth-order valence-electron chi connectivity index (χ4n) is 3.48. The van der Waals surface area contributed by atoms with E-state index in [0.717, 1.165) is 16.7 Å². The van der Waals surface area contributed by atoms with Crippen LogP contribution in [0.15, 0.2) is 54.4 Å². The van der Waals surface area contributed by atoms with Crippen LogP contribution in [0.1, 0.15) is 51.3 Å². The largest absolute Gasteiger partial charge is 0.493 e. The van der Waals surface area contributed by atoms with Crippen molar-refractivity contribution in [1.29, 1.82) is 0 Å². The van der Waals surface area contributed by atoms with Crippen LogP contribution in [0.2, 0.25) is 0 Å². The number of hydrogen-bond donors (Lipinski definition) is 0. The third kappa shape index (κ3) is 4.40. The Hall–Kier alpha value is -3.08. The van der Waals surface area contributed by atoms with Crippen molar-refractivity contribution in [3.8, 4) is 11.5 Å². The second kappa shape index (κ2) is 8.74. The minimum absolute atomic E-state index is 0.103. The number of carbonyl (C=O) groups excluding carboxylic acids is 1. The van der Waals surface area contributed by atoms with E-state index >= 15 is 0 Å². The van der Waals surface area contributed by atoms with Crippen molar-refractivity contribution in [2.75, 3.05) is 13.2 Å². The Balaban J connectivity index is 2.22. The van der Waals surface area contributed by atoms with Crippen LogP contribution in [0.3, 0.4) is 0 Å². The van der Waals surface area contributed by atoms with Gasteiger partial charge in [-0.05, 0) is 57.9 Å². The van der Waals surface area contributed by atoms with Crippen LogP contribution in [-0.4, -0.2) is 24.8 Å². The Morgan fingerprint density at radius 2 is 1.80 bits per heavy atom. The van der Waals surface area contributed by atoms with E-state index in [1.165, 1.54) is 0 Å². The molecular weight excluding hydrogens is 383 g/mol. The predicted molar refractivity (Wildman–Crippen MR) is 116 cm³/mol. The molecule has 0 spiro atoms. The molecule has 5 heteroatoms. The number of allylic oxidation sites excluding steroid dienone is 1. The second-order valence-corrected chi connectivity index (χ2v) is 7.57. The molecule has 0 aliphatic carbocycles. The van der Waals surface area contributed by atoms with Crippen LogP contribution in [0.5, 0.6) is 11.5 Å². The van der Waals surface area contributed by atoms with Gasteiger partial charge in [0.25, 0.3) is 0 Å². The van der Waals surface area contributed by atoms with Crippen molar-refractivity contribution in [3.05, 3.63) is 71.1 Å². The summed E-state index contributed by atoms with van der Waals surface area (Å²) in [5, 5.41) is 0. The molecule has 30 heavy (non-hydrogen) atoms. The smallest absolute Gasteiger partial charge is 0.367 e.